The van der Waals surface area contributed by atoms with Crippen LogP contribution in [-0.4, -0.2) is 190 Å². The summed E-state index contributed by atoms with van der Waals surface area (Å²) >= 11 is 0. The highest BCUT2D eigenvalue weighted by molar-refractivity contribution is 6.03. The number of hydrogen-bond acceptors (Lipinski definition) is 21. The number of carbonyl (C=O) groups excluding carboxylic acids is 8. The summed E-state index contributed by atoms with van der Waals surface area (Å²) in [5.41, 5.74) is 15.0. The third-order valence-corrected chi connectivity index (χ3v) is 33.3. The number of amides is 4. The van der Waals surface area contributed by atoms with Crippen molar-refractivity contribution < 1.29 is 62.4 Å². The van der Waals surface area contributed by atoms with Crippen molar-refractivity contribution in [3.8, 4) is 47.3 Å². The molecule has 12 heterocycles. The summed E-state index contributed by atoms with van der Waals surface area (Å²) in [6.45, 7) is 10.1. The minimum Gasteiger partial charge on any atom is -0.496 e. The van der Waals surface area contributed by atoms with E-state index in [-0.39, 0.29) is 85.0 Å². The van der Waals surface area contributed by atoms with E-state index < -0.39 is 0 Å². The van der Waals surface area contributed by atoms with E-state index >= 15 is 0 Å². The van der Waals surface area contributed by atoms with Crippen LogP contribution in [0.3, 0.4) is 0 Å². The number of pyridine rings is 4. The molecule has 29 nitrogen and oxygen atoms in total. The van der Waals surface area contributed by atoms with Crippen molar-refractivity contribution in [3.63, 3.8) is 0 Å². The van der Waals surface area contributed by atoms with Crippen LogP contribution in [0.1, 0.15) is 305 Å². The number of ether oxygens (including phenoxy) is 4. The van der Waals surface area contributed by atoms with Crippen molar-refractivity contribution in [3.05, 3.63) is 235 Å². The van der Waals surface area contributed by atoms with Gasteiger partial charge in [-0.15, -0.1) is 0 Å². The van der Waals surface area contributed by atoms with Gasteiger partial charge in [0.2, 0.25) is 23.6 Å². The van der Waals surface area contributed by atoms with Gasteiger partial charge in [-0.3, -0.25) is 38.4 Å². The van der Waals surface area contributed by atoms with Crippen LogP contribution >= 0.6 is 0 Å². The van der Waals surface area contributed by atoms with Gasteiger partial charge in [0.05, 0.1) is 103 Å². The van der Waals surface area contributed by atoms with E-state index in [0.29, 0.717) is 132 Å². The number of nitriles is 4. The van der Waals surface area contributed by atoms with Crippen LogP contribution in [0.15, 0.2) is 141 Å². The maximum atomic E-state index is 13.2. The molecule has 12 aromatic rings. The fourth-order valence-corrected chi connectivity index (χ4v) is 25.0. The number of rotatable bonds is 27. The fourth-order valence-electron chi connectivity index (χ4n) is 25.0. The molecule has 0 radical (unpaired) electrons. The Morgan fingerprint density at radius 1 is 0.340 bits per heavy atom. The molecule has 1 N–H and O–H groups in total. The quantitative estimate of drug-likeness (QED) is 0.0467. The first-order valence-electron chi connectivity index (χ1n) is 53.7. The summed E-state index contributed by atoms with van der Waals surface area (Å²) in [6.07, 6.45) is 41.5. The third-order valence-electron chi connectivity index (χ3n) is 33.3. The Kier molecular flexibility index (Phi) is 34.3. The van der Waals surface area contributed by atoms with Gasteiger partial charge in [0.1, 0.15) is 45.6 Å². The average molecular weight is 2020 g/mol. The number of Topliss-reactive ketones (excluding diaryl/α,β-unsaturated/α-hetero) is 4. The van der Waals surface area contributed by atoms with Crippen LogP contribution in [0.5, 0.6) is 23.0 Å². The minimum atomic E-state index is -0.245. The molecule has 20 rings (SSSR count). The molecular formula is C121H138N16O13. The number of aliphatic hydroxyl groups excluding tert-OH is 1. The standard InChI is InChI=1S/2C31H36N4O3.C30H34N4O4.C29H32N4O3/c2*1-20(22-8-4-5-9-22)31(37)35-13-11-23(12-14-35)26-19-34(2)30-28(26)29(38-3)25(18-33-30)16-27(36)24-10-6-7-21(15-24)17-32;1-33-17-25(21-7-9-34(10-8-21)30(37)22-5-3-4-6-22)27-28(38-2)24(16-32-29(27)33)14-26(36)23-12-19(15-31)11-20(13-23)18-35;1-32-18-24(20-10-12-33(13-11-20)29(35)21-7-3-4-8-21)26-27(36-2)23(17-31-28(26)32)15-25(34)22-9-5-6-19(14-22)16-30/h2*6-7,10,15,18-20,22-23H,4-5,8-9,11-14,16H2,1-3H3;11-13,16-17,21-22,35H,3-10,14,18H2,1-2H3;5-6,9,14,17-18,20-21H,3-4,7-8,10-13,15H2,1-2H3/t2*20-;;/m10../s1. The van der Waals surface area contributed by atoms with Crippen molar-refractivity contribution in [2.24, 2.45) is 63.7 Å². The van der Waals surface area contributed by atoms with Crippen molar-refractivity contribution in [1.29, 1.82) is 21.0 Å². The number of carbonyl (C=O) groups is 8. The molecular weight excluding hydrogens is 1890 g/mol. The number of nitrogens with zero attached hydrogens (tertiary/aromatic N) is 16. The molecule has 8 fully saturated rings. The molecule has 4 saturated heterocycles. The Bertz CT molecular complexity index is 7010. The highest BCUT2D eigenvalue weighted by Gasteiger charge is 2.40. The number of ketones is 4. The number of aliphatic hydroxyl groups is 1. The zero-order chi connectivity index (χ0) is 106. The molecule has 0 unspecified atom stereocenters. The second-order valence-electron chi connectivity index (χ2n) is 42.5. The highest BCUT2D eigenvalue weighted by atomic mass is 16.5. The molecule has 4 aliphatic heterocycles. The summed E-state index contributed by atoms with van der Waals surface area (Å²) in [5, 5.41) is 50.2. The number of fused-ring (bicyclic) bond motifs is 4. The maximum absolute atomic E-state index is 13.2. The number of likely N-dealkylation sites (tertiary alicyclic amines) is 4. The highest BCUT2D eigenvalue weighted by Crippen LogP contribution is 2.48. The summed E-state index contributed by atoms with van der Waals surface area (Å²) in [5.74, 6) is 6.45. The number of benzene rings is 4. The molecule has 29 heteroatoms. The summed E-state index contributed by atoms with van der Waals surface area (Å²) in [4.78, 5) is 132. The van der Waals surface area contributed by atoms with Crippen LogP contribution in [0, 0.1) is 80.8 Å². The van der Waals surface area contributed by atoms with E-state index in [0.717, 1.165) is 209 Å². The van der Waals surface area contributed by atoms with Gasteiger partial charge < -0.3 is 61.9 Å². The Morgan fingerprint density at radius 3 is 0.853 bits per heavy atom. The Labute approximate surface area is 877 Å². The monoisotopic (exact) mass is 2020 g/mol. The number of hydrogen-bond donors (Lipinski definition) is 1. The van der Waals surface area contributed by atoms with Gasteiger partial charge in [-0.25, -0.2) is 19.9 Å². The van der Waals surface area contributed by atoms with Gasteiger partial charge in [0.15, 0.2) is 23.1 Å². The van der Waals surface area contributed by atoms with Crippen LogP contribution in [0.4, 0.5) is 0 Å². The molecule has 4 saturated carbocycles. The lowest BCUT2D eigenvalue weighted by molar-refractivity contribution is -0.138. The van der Waals surface area contributed by atoms with Gasteiger partial charge in [-0.05, 0) is 221 Å². The second-order valence-corrected chi connectivity index (χ2v) is 42.5. The van der Waals surface area contributed by atoms with Crippen LogP contribution in [0.2, 0.25) is 0 Å². The lowest BCUT2D eigenvalue weighted by Gasteiger charge is -2.35. The van der Waals surface area contributed by atoms with Crippen molar-refractivity contribution in [1.82, 2.24) is 57.8 Å². The van der Waals surface area contributed by atoms with E-state index in [4.69, 9.17) is 33.9 Å². The number of piperidine rings is 4. The first-order valence-corrected chi connectivity index (χ1v) is 53.7. The molecule has 150 heavy (non-hydrogen) atoms. The number of aromatic nitrogens is 8. The molecule has 2 atom stereocenters. The van der Waals surface area contributed by atoms with E-state index in [9.17, 15) is 64.5 Å². The van der Waals surface area contributed by atoms with Gasteiger partial charge in [0, 0.05) is 224 Å². The smallest absolute Gasteiger partial charge is 0.225 e. The van der Waals surface area contributed by atoms with Crippen LogP contribution < -0.4 is 18.9 Å². The molecule has 0 spiro atoms. The van der Waals surface area contributed by atoms with Gasteiger partial charge in [0.25, 0.3) is 0 Å². The lowest BCUT2D eigenvalue weighted by atomic mass is 9.86. The maximum Gasteiger partial charge on any atom is 0.225 e. The predicted molar refractivity (Wildman–Crippen MR) is 572 cm³/mol. The summed E-state index contributed by atoms with van der Waals surface area (Å²) in [7, 11) is 14.4. The largest absolute Gasteiger partial charge is 0.496 e. The lowest BCUT2D eigenvalue weighted by Crippen LogP contribution is -2.42. The molecule has 8 aliphatic rings. The minimum absolute atomic E-state index is 0.0640. The average Bonchev–Trinajstić information content (AvgIpc) is 1.62. The second kappa shape index (κ2) is 48.3. The number of methoxy groups -OCH3 is 4. The van der Waals surface area contributed by atoms with Gasteiger partial charge in [-0.1, -0.05) is 102 Å². The molecule has 4 aliphatic carbocycles. The molecule has 4 aromatic carbocycles. The van der Waals surface area contributed by atoms with E-state index in [1.54, 1.807) is 144 Å². The third kappa shape index (κ3) is 23.2. The van der Waals surface area contributed by atoms with Gasteiger partial charge in [-0.2, -0.15) is 21.0 Å². The normalized spacial score (nSPS) is 17.1. The van der Waals surface area contributed by atoms with Crippen molar-refractivity contribution in [2.75, 3.05) is 80.8 Å². The van der Waals surface area contributed by atoms with Crippen LogP contribution in [0.25, 0.3) is 44.1 Å². The Hall–Kier alpha value is -14.7. The Balaban J connectivity index is 0.000000136. The molecule has 8 aromatic heterocycles. The number of aryl methyl sites for hydroxylation is 4. The first-order chi connectivity index (χ1) is 72.7. The van der Waals surface area contributed by atoms with Crippen LogP contribution in [-0.2, 0) is 79.7 Å². The molecule has 0 bridgehead atoms. The Morgan fingerprint density at radius 2 is 0.593 bits per heavy atom. The molecule has 780 valence electrons. The van der Waals surface area contributed by atoms with E-state index in [1.807, 2.05) is 51.4 Å². The zero-order valence-corrected chi connectivity index (χ0v) is 88.2. The topological polar surface area (TPSA) is 373 Å². The first kappa shape index (κ1) is 107. The summed E-state index contributed by atoms with van der Waals surface area (Å²) < 4.78 is 31.7. The van der Waals surface area contributed by atoms with E-state index in [1.165, 1.54) is 80.9 Å². The summed E-state index contributed by atoms with van der Waals surface area (Å²) in [6, 6.07) is 33.4. The van der Waals surface area contributed by atoms with E-state index in [2.05, 4.69) is 82.6 Å². The van der Waals surface area contributed by atoms with Gasteiger partial charge >= 0.3 is 0 Å². The van der Waals surface area contributed by atoms with Crippen molar-refractivity contribution >= 4 is 90.9 Å². The predicted octanol–water partition coefficient (Wildman–Crippen LogP) is 19.9. The molecule has 4 amide bonds. The SMILES string of the molecule is COc1c(CC(=O)c2cc(C#N)cc(CO)c2)cnc2c1c(C1CCN(C(=O)C3CCCC3)CC1)cn2C.COc1c(CC(=O)c2cccc(C#N)c2)cnc2c1c(C1CCN(C(=O)C3CCCC3)CC1)cn2C.COc1c(CC(=O)c2cccc(C#N)c2)cnc2c1c(C1CCN(C(=O)[C@@H](C)C3CCCC3)CC1)cn2C.COc1c(CC(=O)c2cccc(C#N)c2)cnc2c1c(C1CCN(C(=O)[C@H](C)C3CCCC3)CC1)cn2C. The van der Waals surface area contributed by atoms with Crippen molar-refractivity contribution in [2.45, 2.75) is 224 Å². The fraction of sp³-hybridized carbons (Fsp3) is 0.471. The zero-order valence-electron chi connectivity index (χ0n) is 88.2.